The van der Waals surface area contributed by atoms with Crippen molar-refractivity contribution in [3.8, 4) is 11.1 Å². The molecule has 1 aromatic carbocycles. The van der Waals surface area contributed by atoms with Gasteiger partial charge >= 0.3 is 18.0 Å². The van der Waals surface area contributed by atoms with Gasteiger partial charge in [-0.15, -0.1) is 0 Å². The molecule has 3 aromatic heterocycles. The Labute approximate surface area is 170 Å². The number of nitrogens with zero attached hydrogens (tertiary/aromatic N) is 3. The van der Waals surface area contributed by atoms with Crippen LogP contribution in [0, 0.1) is 0 Å². The second kappa shape index (κ2) is 7.25. The molecule has 31 heavy (non-hydrogen) atoms. The number of rotatable bonds is 3. The van der Waals surface area contributed by atoms with Gasteiger partial charge in [0.15, 0.2) is 5.65 Å². The van der Waals surface area contributed by atoms with Crippen LogP contribution in [0.25, 0.3) is 22.3 Å². The summed E-state index contributed by atoms with van der Waals surface area (Å²) < 4.78 is 79.6. The van der Waals surface area contributed by atoms with Crippen molar-refractivity contribution in [2.75, 3.05) is 0 Å². The molecule has 1 N–H and O–H groups in total. The summed E-state index contributed by atoms with van der Waals surface area (Å²) in [5.74, 6) is 0. The number of pyridine rings is 2. The fourth-order valence-corrected chi connectivity index (χ4v) is 3.22. The summed E-state index contributed by atoms with van der Waals surface area (Å²) in [5.41, 5.74) is -1.91. The van der Waals surface area contributed by atoms with Crippen LogP contribution >= 0.6 is 0 Å². The molecule has 3 heterocycles. The van der Waals surface area contributed by atoms with E-state index in [1.54, 1.807) is 0 Å². The third-order valence-electron chi connectivity index (χ3n) is 4.67. The Balaban J connectivity index is 1.76. The maximum Gasteiger partial charge on any atom is 0.416 e. The first-order valence-electron chi connectivity index (χ1n) is 8.80. The van der Waals surface area contributed by atoms with Gasteiger partial charge in [0, 0.05) is 29.7 Å². The number of H-pyrrole nitrogens is 1. The molecule has 5 nitrogen and oxygen atoms in total. The Bertz CT molecular complexity index is 1320. The van der Waals surface area contributed by atoms with Crippen molar-refractivity contribution in [2.24, 2.45) is 0 Å². The molecule has 0 amide bonds. The lowest BCUT2D eigenvalue weighted by molar-refractivity contribution is -0.138. The monoisotopic (exact) mass is 438 g/mol. The molecule has 0 unspecified atom stereocenters. The lowest BCUT2D eigenvalue weighted by Crippen LogP contribution is -2.20. The first kappa shape index (κ1) is 20.6. The molecule has 0 atom stereocenters. The van der Waals surface area contributed by atoms with Crippen molar-refractivity contribution in [1.29, 1.82) is 0 Å². The Morgan fingerprint density at radius 3 is 2.42 bits per heavy atom. The van der Waals surface area contributed by atoms with Gasteiger partial charge in [-0.2, -0.15) is 26.3 Å². The van der Waals surface area contributed by atoms with Crippen molar-refractivity contribution >= 4 is 11.2 Å². The highest BCUT2D eigenvalue weighted by molar-refractivity contribution is 5.78. The Kier molecular flexibility index (Phi) is 4.83. The van der Waals surface area contributed by atoms with Gasteiger partial charge in [0.25, 0.3) is 0 Å². The summed E-state index contributed by atoms with van der Waals surface area (Å²) in [5, 5.41) is 0. The summed E-state index contributed by atoms with van der Waals surface area (Å²) in [6, 6.07) is 6.82. The van der Waals surface area contributed by atoms with E-state index in [1.807, 2.05) is 0 Å². The van der Waals surface area contributed by atoms with Crippen LogP contribution in [0.2, 0.25) is 0 Å². The molecular formula is C20H12F6N4O. The quantitative estimate of drug-likeness (QED) is 0.464. The topological polar surface area (TPSA) is 63.6 Å². The highest BCUT2D eigenvalue weighted by Gasteiger charge is 2.33. The fraction of sp³-hybridized carbons (Fsp3) is 0.150. The molecule has 4 rings (SSSR count). The first-order valence-corrected chi connectivity index (χ1v) is 8.80. The Morgan fingerprint density at radius 2 is 1.71 bits per heavy atom. The van der Waals surface area contributed by atoms with E-state index in [2.05, 4.69) is 15.0 Å². The standard InChI is InChI=1S/C20H12F6N4O/c21-19(22,23)14-3-1-2-11(6-14)12-7-16-17(28-9-12)30(18(31)29-16)10-13-8-27-5-4-15(13)20(24,25)26/h1-9H,10H2,(H,29,31). The van der Waals surface area contributed by atoms with Gasteiger partial charge in [0.05, 0.1) is 23.2 Å². The number of hydrogen-bond acceptors (Lipinski definition) is 3. The van der Waals surface area contributed by atoms with Gasteiger partial charge in [-0.3, -0.25) is 9.55 Å². The van der Waals surface area contributed by atoms with Crippen molar-refractivity contribution in [1.82, 2.24) is 19.5 Å². The normalized spacial score (nSPS) is 12.5. The molecule has 0 aliphatic carbocycles. The minimum Gasteiger partial charge on any atom is -0.304 e. The largest absolute Gasteiger partial charge is 0.416 e. The van der Waals surface area contributed by atoms with Crippen LogP contribution in [-0.4, -0.2) is 19.5 Å². The second-order valence-corrected chi connectivity index (χ2v) is 6.72. The maximum absolute atomic E-state index is 13.2. The number of imidazole rings is 1. The average Bonchev–Trinajstić information content (AvgIpc) is 3.01. The van der Waals surface area contributed by atoms with Crippen LogP contribution in [0.3, 0.4) is 0 Å². The number of alkyl halides is 6. The number of aromatic nitrogens is 4. The van der Waals surface area contributed by atoms with Crippen LogP contribution in [0.4, 0.5) is 26.3 Å². The molecule has 11 heteroatoms. The molecule has 0 saturated carbocycles. The lowest BCUT2D eigenvalue weighted by atomic mass is 10.0. The zero-order valence-electron chi connectivity index (χ0n) is 15.4. The molecule has 4 aromatic rings. The van der Waals surface area contributed by atoms with Crippen LogP contribution in [-0.2, 0) is 18.9 Å². The van der Waals surface area contributed by atoms with E-state index < -0.39 is 35.7 Å². The van der Waals surface area contributed by atoms with E-state index in [4.69, 9.17) is 0 Å². The van der Waals surface area contributed by atoms with E-state index in [-0.39, 0.29) is 22.3 Å². The Morgan fingerprint density at radius 1 is 0.935 bits per heavy atom. The van der Waals surface area contributed by atoms with Gasteiger partial charge in [0.1, 0.15) is 0 Å². The van der Waals surface area contributed by atoms with Gasteiger partial charge < -0.3 is 4.98 Å². The molecule has 0 aliphatic rings. The number of nitrogens with one attached hydrogen (secondary N) is 1. The summed E-state index contributed by atoms with van der Waals surface area (Å²) >= 11 is 0. The smallest absolute Gasteiger partial charge is 0.304 e. The fourth-order valence-electron chi connectivity index (χ4n) is 3.22. The average molecular weight is 438 g/mol. The molecule has 0 aliphatic heterocycles. The van der Waals surface area contributed by atoms with Crippen molar-refractivity contribution in [2.45, 2.75) is 18.9 Å². The summed E-state index contributed by atoms with van der Waals surface area (Å²) in [6.07, 6.45) is -5.87. The van der Waals surface area contributed by atoms with E-state index >= 15 is 0 Å². The van der Waals surface area contributed by atoms with Crippen LogP contribution in [0.15, 0.2) is 59.8 Å². The molecule has 0 saturated heterocycles. The predicted octanol–water partition coefficient (Wildman–Crippen LogP) is 4.87. The maximum atomic E-state index is 13.2. The minimum absolute atomic E-state index is 0.0673. The summed E-state index contributed by atoms with van der Waals surface area (Å²) in [7, 11) is 0. The third-order valence-corrected chi connectivity index (χ3v) is 4.67. The van der Waals surface area contributed by atoms with Crippen molar-refractivity contribution in [3.05, 3.63) is 82.2 Å². The van der Waals surface area contributed by atoms with Crippen molar-refractivity contribution in [3.63, 3.8) is 0 Å². The minimum atomic E-state index is -4.63. The highest BCUT2D eigenvalue weighted by Crippen LogP contribution is 2.33. The Hall–Kier alpha value is -3.63. The third kappa shape index (κ3) is 4.03. The number of halogens is 6. The van der Waals surface area contributed by atoms with Gasteiger partial charge in [0.2, 0.25) is 0 Å². The lowest BCUT2D eigenvalue weighted by Gasteiger charge is -2.12. The molecule has 160 valence electrons. The van der Waals surface area contributed by atoms with E-state index in [1.165, 1.54) is 24.4 Å². The van der Waals surface area contributed by atoms with Crippen LogP contribution < -0.4 is 5.69 Å². The van der Waals surface area contributed by atoms with Gasteiger partial charge in [-0.25, -0.2) is 9.78 Å². The van der Waals surface area contributed by atoms with Crippen LogP contribution in [0.1, 0.15) is 16.7 Å². The SMILES string of the molecule is O=c1[nH]c2cc(-c3cccc(C(F)(F)F)c3)cnc2n1Cc1cnccc1C(F)(F)F. The number of fused-ring (bicyclic) bond motifs is 1. The van der Waals surface area contributed by atoms with Crippen molar-refractivity contribution < 1.29 is 26.3 Å². The molecule has 0 fully saturated rings. The molecule has 0 radical (unpaired) electrons. The van der Waals surface area contributed by atoms with Gasteiger partial charge in [-0.05, 0) is 29.8 Å². The zero-order chi connectivity index (χ0) is 22.4. The molecule has 0 spiro atoms. The zero-order valence-corrected chi connectivity index (χ0v) is 15.4. The number of hydrogen-bond donors (Lipinski definition) is 1. The van der Waals surface area contributed by atoms with E-state index in [0.29, 0.717) is 5.56 Å². The summed E-state index contributed by atoms with van der Waals surface area (Å²) in [4.78, 5) is 22.6. The van der Waals surface area contributed by atoms with Gasteiger partial charge in [-0.1, -0.05) is 12.1 Å². The van der Waals surface area contributed by atoms with Crippen LogP contribution in [0.5, 0.6) is 0 Å². The number of benzene rings is 1. The molecular weight excluding hydrogens is 426 g/mol. The number of aromatic amines is 1. The second-order valence-electron chi connectivity index (χ2n) is 6.72. The molecule has 0 bridgehead atoms. The summed E-state index contributed by atoms with van der Waals surface area (Å²) in [6.45, 7) is -0.433. The highest BCUT2D eigenvalue weighted by atomic mass is 19.4. The van der Waals surface area contributed by atoms with E-state index in [0.717, 1.165) is 35.2 Å². The first-order chi connectivity index (χ1) is 14.5. The predicted molar refractivity (Wildman–Crippen MR) is 99.1 cm³/mol. The van der Waals surface area contributed by atoms with E-state index in [9.17, 15) is 31.1 Å².